The molecule has 0 bridgehead atoms. The number of piperidine rings is 1. The van der Waals surface area contributed by atoms with E-state index < -0.39 is 17.6 Å². The summed E-state index contributed by atoms with van der Waals surface area (Å²) in [6.07, 6.45) is -2.79. The fraction of sp³-hybridized carbons (Fsp3) is 0.500. The number of nitrogens with zero attached hydrogens (tertiary/aromatic N) is 3. The Bertz CT molecular complexity index is 851. The van der Waals surface area contributed by atoms with E-state index >= 15 is 0 Å². The highest BCUT2D eigenvalue weighted by Gasteiger charge is 2.32. The molecule has 1 amide bonds. The number of carbonyl (C=O) groups is 1. The zero-order valence-electron chi connectivity index (χ0n) is 16.0. The molecule has 1 aromatic heterocycles. The Kier molecular flexibility index (Phi) is 7.48. The molecule has 2 N–H and O–H groups in total. The summed E-state index contributed by atoms with van der Waals surface area (Å²) in [6, 6.07) is 3.11. The van der Waals surface area contributed by atoms with Gasteiger partial charge >= 0.3 is 6.18 Å². The van der Waals surface area contributed by atoms with E-state index in [2.05, 4.69) is 20.9 Å². The molecule has 1 aliphatic heterocycles. The number of hydrogen-bond donors (Lipinski definition) is 2. The molecule has 0 spiro atoms. The van der Waals surface area contributed by atoms with Crippen molar-refractivity contribution in [2.24, 2.45) is 0 Å². The number of alkyl halides is 3. The molecule has 0 radical (unpaired) electrons. The molecule has 160 valence electrons. The number of benzene rings is 1. The average molecular weight is 434 g/mol. The summed E-state index contributed by atoms with van der Waals surface area (Å²) in [5.74, 6) is -0.467. The van der Waals surface area contributed by atoms with Crippen molar-refractivity contribution in [2.75, 3.05) is 25.0 Å². The fourth-order valence-corrected chi connectivity index (χ4v) is 3.22. The van der Waals surface area contributed by atoms with Crippen LogP contribution in [0.1, 0.15) is 47.6 Å². The van der Waals surface area contributed by atoms with Gasteiger partial charge in [-0.1, -0.05) is 5.21 Å². The Morgan fingerprint density at radius 1 is 1.34 bits per heavy atom. The van der Waals surface area contributed by atoms with Gasteiger partial charge in [-0.3, -0.25) is 4.79 Å². The Balaban J connectivity index is 0.00000300. The fourth-order valence-electron chi connectivity index (χ4n) is 3.22. The number of carbonyl (C=O) groups excluding carboxylic acids is 1. The van der Waals surface area contributed by atoms with Gasteiger partial charge in [-0.15, -0.1) is 17.5 Å². The van der Waals surface area contributed by atoms with Crippen LogP contribution in [0.5, 0.6) is 5.75 Å². The quantitative estimate of drug-likeness (QED) is 0.753. The minimum atomic E-state index is -4.53. The van der Waals surface area contributed by atoms with Gasteiger partial charge in [-0.05, 0) is 58.0 Å². The van der Waals surface area contributed by atoms with Crippen LogP contribution >= 0.6 is 12.4 Å². The molecule has 1 fully saturated rings. The number of amides is 1. The predicted octanol–water partition coefficient (Wildman–Crippen LogP) is 3.60. The summed E-state index contributed by atoms with van der Waals surface area (Å²) in [7, 11) is 0. The molecule has 3 rings (SSSR count). The molecule has 0 aliphatic carbocycles. The van der Waals surface area contributed by atoms with Crippen molar-refractivity contribution in [3.8, 4) is 5.75 Å². The van der Waals surface area contributed by atoms with E-state index in [0.717, 1.165) is 38.1 Å². The molecule has 0 atom stereocenters. The summed E-state index contributed by atoms with van der Waals surface area (Å²) < 4.78 is 46.2. The van der Waals surface area contributed by atoms with Crippen molar-refractivity contribution < 1.29 is 22.7 Å². The lowest BCUT2D eigenvalue weighted by molar-refractivity contribution is -0.137. The first-order valence-corrected chi connectivity index (χ1v) is 9.09. The average Bonchev–Trinajstić information content (AvgIpc) is 3.04. The van der Waals surface area contributed by atoms with E-state index in [1.807, 2.05) is 0 Å². The predicted molar refractivity (Wildman–Crippen MR) is 104 cm³/mol. The maximum atomic E-state index is 13.0. The normalized spacial score (nSPS) is 14.9. The molecule has 1 saturated heterocycles. The topological polar surface area (TPSA) is 81.1 Å². The van der Waals surface area contributed by atoms with Gasteiger partial charge in [0.2, 0.25) is 0 Å². The third kappa shape index (κ3) is 5.18. The van der Waals surface area contributed by atoms with Crippen molar-refractivity contribution in [3.63, 3.8) is 0 Å². The second kappa shape index (κ2) is 9.45. The van der Waals surface area contributed by atoms with E-state index in [1.165, 1.54) is 6.07 Å². The van der Waals surface area contributed by atoms with Gasteiger partial charge in [-0.2, -0.15) is 13.2 Å². The minimum absolute atomic E-state index is 0. The lowest BCUT2D eigenvalue weighted by Crippen LogP contribution is -2.30. The van der Waals surface area contributed by atoms with Crippen LogP contribution in [0, 0.1) is 6.92 Å². The van der Waals surface area contributed by atoms with Crippen molar-refractivity contribution in [1.82, 2.24) is 20.3 Å². The zero-order valence-corrected chi connectivity index (χ0v) is 16.9. The molecular weight excluding hydrogens is 411 g/mol. The first-order valence-electron chi connectivity index (χ1n) is 9.09. The SMILES string of the molecule is CCOc1ccc(C(F)(F)F)cc1NC(=O)c1nnn(C2CCNCC2)c1C.Cl. The molecule has 2 aromatic rings. The van der Waals surface area contributed by atoms with Crippen LogP contribution in [0.15, 0.2) is 18.2 Å². The smallest absolute Gasteiger partial charge is 0.416 e. The first kappa shape index (κ1) is 23.0. The van der Waals surface area contributed by atoms with Gasteiger partial charge in [0.05, 0.1) is 29.6 Å². The van der Waals surface area contributed by atoms with Crippen molar-refractivity contribution >= 4 is 24.0 Å². The largest absolute Gasteiger partial charge is 0.492 e. The van der Waals surface area contributed by atoms with E-state index in [-0.39, 0.29) is 42.2 Å². The standard InChI is InChI=1S/C18H22F3N5O2.ClH/c1-3-28-15-5-4-12(18(19,20)21)10-14(15)23-17(27)16-11(2)26(25-24-16)13-6-8-22-9-7-13;/h4-5,10,13,22H,3,6-9H2,1-2H3,(H,23,27);1H. The second-order valence-electron chi connectivity index (χ2n) is 6.55. The van der Waals surface area contributed by atoms with Crippen LogP contribution < -0.4 is 15.4 Å². The lowest BCUT2D eigenvalue weighted by Gasteiger charge is -2.23. The molecular formula is C18H23ClF3N5O2. The third-order valence-electron chi connectivity index (χ3n) is 4.65. The Labute approximate surface area is 172 Å². The summed E-state index contributed by atoms with van der Waals surface area (Å²) in [5, 5.41) is 13.8. The van der Waals surface area contributed by atoms with Crippen LogP contribution in [0.3, 0.4) is 0 Å². The molecule has 2 heterocycles. The summed E-state index contributed by atoms with van der Waals surface area (Å²) in [6.45, 7) is 5.39. The van der Waals surface area contributed by atoms with Crippen molar-refractivity contribution in [3.05, 3.63) is 35.2 Å². The summed E-state index contributed by atoms with van der Waals surface area (Å²) in [5.41, 5.74) is -0.272. The molecule has 29 heavy (non-hydrogen) atoms. The molecule has 0 unspecified atom stereocenters. The maximum absolute atomic E-state index is 13.0. The monoisotopic (exact) mass is 433 g/mol. The van der Waals surface area contributed by atoms with Gasteiger partial charge in [0.1, 0.15) is 5.75 Å². The van der Waals surface area contributed by atoms with E-state index in [4.69, 9.17) is 4.74 Å². The third-order valence-corrected chi connectivity index (χ3v) is 4.65. The van der Waals surface area contributed by atoms with Gasteiger partial charge in [0.15, 0.2) is 5.69 Å². The van der Waals surface area contributed by atoms with Crippen molar-refractivity contribution in [2.45, 2.75) is 38.9 Å². The van der Waals surface area contributed by atoms with Crippen LogP contribution in [-0.2, 0) is 6.18 Å². The Hall–Kier alpha value is -2.33. The number of rotatable bonds is 5. The van der Waals surface area contributed by atoms with E-state index in [9.17, 15) is 18.0 Å². The Morgan fingerprint density at radius 3 is 2.66 bits per heavy atom. The first-order chi connectivity index (χ1) is 13.3. The number of anilines is 1. The molecule has 1 aromatic carbocycles. The molecule has 7 nitrogen and oxygen atoms in total. The van der Waals surface area contributed by atoms with Gasteiger partial charge in [0, 0.05) is 0 Å². The molecule has 11 heteroatoms. The van der Waals surface area contributed by atoms with Gasteiger partial charge in [-0.25, -0.2) is 4.68 Å². The molecule has 0 saturated carbocycles. The van der Waals surface area contributed by atoms with Gasteiger partial charge < -0.3 is 15.4 Å². The second-order valence-corrected chi connectivity index (χ2v) is 6.55. The van der Waals surface area contributed by atoms with Gasteiger partial charge in [0.25, 0.3) is 5.91 Å². The van der Waals surface area contributed by atoms with Crippen LogP contribution in [0.25, 0.3) is 0 Å². The summed E-state index contributed by atoms with van der Waals surface area (Å²) in [4.78, 5) is 12.7. The minimum Gasteiger partial charge on any atom is -0.492 e. The number of ether oxygens (including phenoxy) is 1. The number of halogens is 4. The zero-order chi connectivity index (χ0) is 20.3. The summed E-state index contributed by atoms with van der Waals surface area (Å²) >= 11 is 0. The number of aromatic nitrogens is 3. The highest BCUT2D eigenvalue weighted by Crippen LogP contribution is 2.35. The van der Waals surface area contributed by atoms with E-state index in [0.29, 0.717) is 5.69 Å². The lowest BCUT2D eigenvalue weighted by atomic mass is 10.1. The molecule has 1 aliphatic rings. The van der Waals surface area contributed by atoms with Crippen molar-refractivity contribution in [1.29, 1.82) is 0 Å². The van der Waals surface area contributed by atoms with Crippen LogP contribution in [0.4, 0.5) is 18.9 Å². The Morgan fingerprint density at radius 2 is 2.03 bits per heavy atom. The van der Waals surface area contributed by atoms with E-state index in [1.54, 1.807) is 18.5 Å². The maximum Gasteiger partial charge on any atom is 0.416 e. The van der Waals surface area contributed by atoms with Crippen LogP contribution in [-0.4, -0.2) is 40.6 Å². The number of hydrogen-bond acceptors (Lipinski definition) is 5. The van der Waals surface area contributed by atoms with Crippen LogP contribution in [0.2, 0.25) is 0 Å². The number of nitrogens with one attached hydrogen (secondary N) is 2. The highest BCUT2D eigenvalue weighted by atomic mass is 35.5. The highest BCUT2D eigenvalue weighted by molar-refractivity contribution is 6.04.